The fourth-order valence-corrected chi connectivity index (χ4v) is 3.44. The second-order valence-corrected chi connectivity index (χ2v) is 8.32. The highest BCUT2D eigenvalue weighted by Gasteiger charge is 2.12. The molecule has 1 aromatic heterocycles. The zero-order valence-electron chi connectivity index (χ0n) is 14.7. The summed E-state index contributed by atoms with van der Waals surface area (Å²) in [7, 11) is -3.22. The van der Waals surface area contributed by atoms with Crippen molar-refractivity contribution in [1.29, 1.82) is 0 Å². The molecule has 0 aliphatic rings. The van der Waals surface area contributed by atoms with Gasteiger partial charge in [0.2, 0.25) is 5.91 Å². The predicted octanol–water partition coefficient (Wildman–Crippen LogP) is 2.71. The van der Waals surface area contributed by atoms with E-state index in [9.17, 15) is 13.2 Å². The van der Waals surface area contributed by atoms with Gasteiger partial charge in [0, 0.05) is 19.2 Å². The van der Waals surface area contributed by atoms with Gasteiger partial charge in [-0.2, -0.15) is 0 Å². The fourth-order valence-electron chi connectivity index (χ4n) is 2.81. The molecule has 3 rings (SSSR count). The van der Waals surface area contributed by atoms with Crippen molar-refractivity contribution in [2.45, 2.75) is 30.8 Å². The molecule has 1 N–H and O–H groups in total. The number of nitrogens with one attached hydrogen (secondary N) is 1. The number of aromatic nitrogens is 2. The molecule has 2 aromatic carbocycles. The Morgan fingerprint density at radius 3 is 2.54 bits per heavy atom. The van der Waals surface area contributed by atoms with Crippen LogP contribution >= 0.6 is 0 Å². The molecule has 0 saturated heterocycles. The van der Waals surface area contributed by atoms with Gasteiger partial charge in [-0.3, -0.25) is 4.79 Å². The molecule has 1 atom stereocenters. The minimum Gasteiger partial charge on any atom is -0.350 e. The van der Waals surface area contributed by atoms with Crippen LogP contribution in [0.5, 0.6) is 0 Å². The van der Waals surface area contributed by atoms with Crippen molar-refractivity contribution < 1.29 is 13.2 Å². The molecule has 0 aliphatic heterocycles. The summed E-state index contributed by atoms with van der Waals surface area (Å²) in [6, 6.07) is 14.2. The molecule has 0 unspecified atom stereocenters. The fraction of sp³-hybridized carbons (Fsp3) is 0.263. The molecule has 1 amide bonds. The molecular weight excluding hydrogens is 350 g/mol. The predicted molar refractivity (Wildman–Crippen MR) is 100 cm³/mol. The van der Waals surface area contributed by atoms with E-state index in [-0.39, 0.29) is 16.8 Å². The Balaban J connectivity index is 1.59. The maximum absolute atomic E-state index is 12.2. The average molecular weight is 371 g/mol. The first-order valence-corrected chi connectivity index (χ1v) is 10.2. The highest BCUT2D eigenvalue weighted by Crippen LogP contribution is 2.17. The molecule has 0 bridgehead atoms. The van der Waals surface area contributed by atoms with Crippen LogP contribution in [0.4, 0.5) is 0 Å². The number of benzene rings is 2. The zero-order chi connectivity index (χ0) is 18.7. The molecule has 6 nitrogen and oxygen atoms in total. The summed E-state index contributed by atoms with van der Waals surface area (Å²) in [6.45, 7) is 2.42. The van der Waals surface area contributed by atoms with E-state index in [2.05, 4.69) is 10.3 Å². The number of carbonyl (C=O) groups is 1. The quantitative estimate of drug-likeness (QED) is 0.722. The molecule has 3 aromatic rings. The standard InChI is InChI=1S/C19H21N3O3S/c1-14(15-7-9-16(10-8-15)26(2,24)25)21-19(23)11-12-22-13-20-17-5-3-4-6-18(17)22/h3-10,13-14H,11-12H2,1-2H3,(H,21,23)/t14-/m1/s1. The van der Waals surface area contributed by atoms with Gasteiger partial charge in [-0.05, 0) is 36.8 Å². The van der Waals surface area contributed by atoms with Gasteiger partial charge in [-0.1, -0.05) is 24.3 Å². The molecule has 0 spiro atoms. The lowest BCUT2D eigenvalue weighted by atomic mass is 10.1. The third-order valence-corrected chi connectivity index (χ3v) is 5.42. The number of aryl methyl sites for hydroxylation is 1. The molecule has 136 valence electrons. The number of hydrogen-bond donors (Lipinski definition) is 1. The highest BCUT2D eigenvalue weighted by molar-refractivity contribution is 7.90. The summed E-state index contributed by atoms with van der Waals surface area (Å²) >= 11 is 0. The van der Waals surface area contributed by atoms with Crippen LogP contribution in [0.1, 0.15) is 24.9 Å². The van der Waals surface area contributed by atoms with Crippen molar-refractivity contribution in [2.75, 3.05) is 6.26 Å². The minimum absolute atomic E-state index is 0.0672. The Morgan fingerprint density at radius 1 is 1.15 bits per heavy atom. The molecular formula is C19H21N3O3S. The lowest BCUT2D eigenvalue weighted by Crippen LogP contribution is -2.27. The summed E-state index contributed by atoms with van der Waals surface area (Å²) < 4.78 is 25.0. The topological polar surface area (TPSA) is 81.1 Å². The molecule has 26 heavy (non-hydrogen) atoms. The summed E-state index contributed by atoms with van der Waals surface area (Å²) in [4.78, 5) is 16.8. The first-order chi connectivity index (χ1) is 12.3. The van der Waals surface area contributed by atoms with Gasteiger partial charge in [0.1, 0.15) is 0 Å². The van der Waals surface area contributed by atoms with Crippen molar-refractivity contribution in [3.05, 3.63) is 60.4 Å². The Labute approximate surface area is 152 Å². The zero-order valence-corrected chi connectivity index (χ0v) is 15.5. The summed E-state index contributed by atoms with van der Waals surface area (Å²) in [6.07, 6.45) is 3.25. The molecule has 0 aliphatic carbocycles. The lowest BCUT2D eigenvalue weighted by molar-refractivity contribution is -0.121. The van der Waals surface area contributed by atoms with Crippen LogP contribution in [0.2, 0.25) is 0 Å². The SMILES string of the molecule is C[C@@H](NC(=O)CCn1cnc2ccccc21)c1ccc(S(C)(=O)=O)cc1. The number of hydrogen-bond acceptors (Lipinski definition) is 4. The molecule has 0 fully saturated rings. The molecule has 7 heteroatoms. The van der Waals surface area contributed by atoms with Crippen molar-refractivity contribution in [3.8, 4) is 0 Å². The Kier molecular flexibility index (Phi) is 5.08. The second-order valence-electron chi connectivity index (χ2n) is 6.31. The number of sulfone groups is 1. The Morgan fingerprint density at radius 2 is 1.85 bits per heavy atom. The minimum atomic E-state index is -3.22. The smallest absolute Gasteiger partial charge is 0.222 e. The molecule has 1 heterocycles. The first-order valence-electron chi connectivity index (χ1n) is 8.34. The van der Waals surface area contributed by atoms with Crippen molar-refractivity contribution in [1.82, 2.24) is 14.9 Å². The third kappa shape index (κ3) is 4.11. The number of rotatable bonds is 6. The van der Waals surface area contributed by atoms with Crippen molar-refractivity contribution in [2.24, 2.45) is 0 Å². The van der Waals surface area contributed by atoms with Gasteiger partial charge in [0.05, 0.1) is 28.3 Å². The Bertz CT molecular complexity index is 1020. The average Bonchev–Trinajstić information content (AvgIpc) is 3.02. The number of para-hydroxylation sites is 2. The molecule has 0 radical (unpaired) electrons. The summed E-state index contributed by atoms with van der Waals surface area (Å²) in [5.41, 5.74) is 2.77. The van der Waals surface area contributed by atoms with Gasteiger partial charge >= 0.3 is 0 Å². The monoisotopic (exact) mass is 371 g/mol. The summed E-state index contributed by atoms with van der Waals surface area (Å²) in [5.74, 6) is -0.0672. The first kappa shape index (κ1) is 18.1. The van der Waals surface area contributed by atoms with Crippen LogP contribution in [0.15, 0.2) is 59.8 Å². The number of carbonyl (C=O) groups excluding carboxylic acids is 1. The van der Waals surface area contributed by atoms with E-state index < -0.39 is 9.84 Å². The van der Waals surface area contributed by atoms with E-state index >= 15 is 0 Å². The van der Waals surface area contributed by atoms with E-state index in [1.807, 2.05) is 35.8 Å². The van der Waals surface area contributed by atoms with Gasteiger partial charge in [-0.25, -0.2) is 13.4 Å². The number of nitrogens with zero attached hydrogens (tertiary/aromatic N) is 2. The lowest BCUT2D eigenvalue weighted by Gasteiger charge is -2.15. The van der Waals surface area contributed by atoms with E-state index in [1.165, 1.54) is 6.26 Å². The van der Waals surface area contributed by atoms with Crippen LogP contribution in [-0.2, 0) is 21.2 Å². The van der Waals surface area contributed by atoms with E-state index in [0.29, 0.717) is 13.0 Å². The van der Waals surface area contributed by atoms with E-state index in [0.717, 1.165) is 16.6 Å². The van der Waals surface area contributed by atoms with Gasteiger partial charge < -0.3 is 9.88 Å². The van der Waals surface area contributed by atoms with Gasteiger partial charge in [0.25, 0.3) is 0 Å². The van der Waals surface area contributed by atoms with E-state index in [4.69, 9.17) is 0 Å². The largest absolute Gasteiger partial charge is 0.350 e. The van der Waals surface area contributed by atoms with Crippen molar-refractivity contribution >= 4 is 26.8 Å². The van der Waals surface area contributed by atoms with Crippen LogP contribution in [-0.4, -0.2) is 30.1 Å². The van der Waals surface area contributed by atoms with Crippen LogP contribution in [0, 0.1) is 0 Å². The third-order valence-electron chi connectivity index (χ3n) is 4.29. The molecule has 0 saturated carbocycles. The van der Waals surface area contributed by atoms with Crippen LogP contribution in [0.3, 0.4) is 0 Å². The van der Waals surface area contributed by atoms with Crippen LogP contribution in [0.25, 0.3) is 11.0 Å². The van der Waals surface area contributed by atoms with Crippen molar-refractivity contribution in [3.63, 3.8) is 0 Å². The maximum atomic E-state index is 12.2. The van der Waals surface area contributed by atoms with Gasteiger partial charge in [-0.15, -0.1) is 0 Å². The maximum Gasteiger partial charge on any atom is 0.222 e. The van der Waals surface area contributed by atoms with Crippen LogP contribution < -0.4 is 5.32 Å². The second kappa shape index (κ2) is 7.29. The normalized spacial score (nSPS) is 12.8. The number of amides is 1. The highest BCUT2D eigenvalue weighted by atomic mass is 32.2. The van der Waals surface area contributed by atoms with E-state index in [1.54, 1.807) is 30.6 Å². The number of imidazole rings is 1. The van der Waals surface area contributed by atoms with Gasteiger partial charge in [0.15, 0.2) is 9.84 Å². The summed E-state index contributed by atoms with van der Waals surface area (Å²) in [5, 5.41) is 2.94. The Hall–Kier alpha value is -2.67. The number of fused-ring (bicyclic) bond motifs is 1.